The fourth-order valence-electron chi connectivity index (χ4n) is 1.94. The van der Waals surface area contributed by atoms with E-state index in [9.17, 15) is 4.79 Å². The van der Waals surface area contributed by atoms with E-state index in [1.165, 1.54) is 6.42 Å². The molecule has 0 aromatic heterocycles. The molecule has 1 unspecified atom stereocenters. The third kappa shape index (κ3) is 5.04. The fourth-order valence-corrected chi connectivity index (χ4v) is 1.94. The van der Waals surface area contributed by atoms with Crippen LogP contribution in [0.1, 0.15) is 32.6 Å². The van der Waals surface area contributed by atoms with Gasteiger partial charge in [-0.1, -0.05) is 5.16 Å². The summed E-state index contributed by atoms with van der Waals surface area (Å²) in [6.45, 7) is 3.96. The molecule has 0 aromatic carbocycles. The molecule has 0 saturated carbocycles. The van der Waals surface area contributed by atoms with Crippen molar-refractivity contribution in [3.63, 3.8) is 0 Å². The topological polar surface area (TPSA) is 91.0 Å². The molecule has 1 fully saturated rings. The highest BCUT2D eigenvalue weighted by atomic mass is 16.4. The lowest BCUT2D eigenvalue weighted by Gasteiger charge is -2.27. The Hall–Kier alpha value is -1.30. The number of nitrogens with one attached hydrogen (secondary N) is 1. The van der Waals surface area contributed by atoms with Crippen LogP contribution in [0, 0.1) is 0 Å². The van der Waals surface area contributed by atoms with Gasteiger partial charge < -0.3 is 21.2 Å². The SMILES string of the molecule is CC(CC(N)=NO)NCC(=O)N1CCCCC1. The van der Waals surface area contributed by atoms with E-state index in [0.29, 0.717) is 13.0 Å². The van der Waals surface area contributed by atoms with Gasteiger partial charge in [0.2, 0.25) is 5.91 Å². The molecular weight excluding hydrogens is 220 g/mol. The highest BCUT2D eigenvalue weighted by molar-refractivity contribution is 5.80. The van der Waals surface area contributed by atoms with E-state index < -0.39 is 0 Å². The zero-order chi connectivity index (χ0) is 12.7. The summed E-state index contributed by atoms with van der Waals surface area (Å²) >= 11 is 0. The number of carbonyl (C=O) groups excluding carboxylic acids is 1. The first-order valence-electron chi connectivity index (χ1n) is 6.11. The van der Waals surface area contributed by atoms with E-state index in [0.717, 1.165) is 25.9 Å². The molecule has 1 atom stereocenters. The number of nitrogens with two attached hydrogens (primary N) is 1. The molecule has 1 heterocycles. The summed E-state index contributed by atoms with van der Waals surface area (Å²) in [6, 6.07) is 0.0274. The molecule has 1 saturated heterocycles. The van der Waals surface area contributed by atoms with Crippen molar-refractivity contribution < 1.29 is 10.0 Å². The third-order valence-electron chi connectivity index (χ3n) is 2.95. The summed E-state index contributed by atoms with van der Waals surface area (Å²) in [7, 11) is 0. The molecule has 1 aliphatic heterocycles. The Morgan fingerprint density at radius 1 is 1.47 bits per heavy atom. The van der Waals surface area contributed by atoms with Crippen LogP contribution >= 0.6 is 0 Å². The number of hydrogen-bond donors (Lipinski definition) is 3. The zero-order valence-electron chi connectivity index (χ0n) is 10.4. The van der Waals surface area contributed by atoms with Crippen LogP contribution in [0.4, 0.5) is 0 Å². The average molecular weight is 242 g/mol. The summed E-state index contributed by atoms with van der Waals surface area (Å²) in [6.07, 6.45) is 3.86. The Labute approximate surface area is 102 Å². The summed E-state index contributed by atoms with van der Waals surface area (Å²) in [5, 5.41) is 14.4. The molecule has 0 spiro atoms. The smallest absolute Gasteiger partial charge is 0.236 e. The molecule has 1 aliphatic rings. The van der Waals surface area contributed by atoms with Crippen LogP contribution in [0.25, 0.3) is 0 Å². The van der Waals surface area contributed by atoms with Crippen molar-refractivity contribution in [1.29, 1.82) is 0 Å². The average Bonchev–Trinajstić information content (AvgIpc) is 2.36. The zero-order valence-corrected chi connectivity index (χ0v) is 10.4. The number of rotatable bonds is 5. The maximum atomic E-state index is 11.8. The fraction of sp³-hybridized carbons (Fsp3) is 0.818. The molecule has 17 heavy (non-hydrogen) atoms. The van der Waals surface area contributed by atoms with Gasteiger partial charge in [-0.2, -0.15) is 0 Å². The highest BCUT2D eigenvalue weighted by Gasteiger charge is 2.16. The minimum absolute atomic E-state index is 0.0274. The second kappa shape index (κ2) is 7.11. The number of amidine groups is 1. The normalized spacial score (nSPS) is 19.1. The van der Waals surface area contributed by atoms with E-state index in [-0.39, 0.29) is 17.8 Å². The number of amides is 1. The van der Waals surface area contributed by atoms with E-state index in [1.807, 2.05) is 11.8 Å². The molecule has 1 amide bonds. The van der Waals surface area contributed by atoms with E-state index in [2.05, 4.69) is 10.5 Å². The van der Waals surface area contributed by atoms with Gasteiger partial charge in [0.15, 0.2) is 0 Å². The third-order valence-corrected chi connectivity index (χ3v) is 2.95. The van der Waals surface area contributed by atoms with Crippen molar-refractivity contribution in [3.05, 3.63) is 0 Å². The molecular formula is C11H22N4O2. The Kier molecular flexibility index (Phi) is 5.76. The monoisotopic (exact) mass is 242 g/mol. The summed E-state index contributed by atoms with van der Waals surface area (Å²) in [4.78, 5) is 13.7. The van der Waals surface area contributed by atoms with Crippen LogP contribution in [0.3, 0.4) is 0 Å². The number of carbonyl (C=O) groups is 1. The molecule has 6 heteroatoms. The Balaban J connectivity index is 2.22. The summed E-state index contributed by atoms with van der Waals surface area (Å²) < 4.78 is 0. The van der Waals surface area contributed by atoms with Crippen molar-refractivity contribution in [2.24, 2.45) is 10.9 Å². The first kappa shape index (κ1) is 13.8. The Bertz CT molecular complexity index is 275. The predicted molar refractivity (Wildman–Crippen MR) is 65.9 cm³/mol. The molecule has 4 N–H and O–H groups in total. The summed E-state index contributed by atoms with van der Waals surface area (Å²) in [5.41, 5.74) is 5.39. The molecule has 0 bridgehead atoms. The largest absolute Gasteiger partial charge is 0.409 e. The Morgan fingerprint density at radius 2 is 2.12 bits per heavy atom. The second-order valence-corrected chi connectivity index (χ2v) is 4.52. The lowest BCUT2D eigenvalue weighted by Crippen LogP contribution is -2.43. The number of likely N-dealkylation sites (tertiary alicyclic amines) is 1. The minimum atomic E-state index is 0.0274. The van der Waals surface area contributed by atoms with E-state index >= 15 is 0 Å². The van der Waals surface area contributed by atoms with Gasteiger partial charge in [-0.15, -0.1) is 0 Å². The van der Waals surface area contributed by atoms with Gasteiger partial charge in [-0.25, -0.2) is 0 Å². The second-order valence-electron chi connectivity index (χ2n) is 4.52. The van der Waals surface area contributed by atoms with Crippen molar-refractivity contribution in [2.75, 3.05) is 19.6 Å². The standard InChI is InChI=1S/C11H22N4O2/c1-9(7-10(12)14-17)13-8-11(16)15-5-3-2-4-6-15/h9,13,17H,2-8H2,1H3,(H2,12,14). The van der Waals surface area contributed by atoms with Gasteiger partial charge in [-0.3, -0.25) is 4.79 Å². The number of hydrogen-bond acceptors (Lipinski definition) is 4. The predicted octanol–water partition coefficient (Wildman–Crippen LogP) is 0.114. The van der Waals surface area contributed by atoms with Crippen molar-refractivity contribution in [3.8, 4) is 0 Å². The van der Waals surface area contributed by atoms with Gasteiger partial charge >= 0.3 is 0 Å². The quantitative estimate of drug-likeness (QED) is 0.276. The molecule has 0 radical (unpaired) electrons. The molecule has 6 nitrogen and oxygen atoms in total. The number of piperidine rings is 1. The van der Waals surface area contributed by atoms with Crippen molar-refractivity contribution in [2.45, 2.75) is 38.6 Å². The lowest BCUT2D eigenvalue weighted by atomic mass is 10.1. The maximum Gasteiger partial charge on any atom is 0.236 e. The molecule has 0 aliphatic carbocycles. The van der Waals surface area contributed by atoms with Crippen LogP contribution in [0.2, 0.25) is 0 Å². The van der Waals surface area contributed by atoms with Crippen LogP contribution in [0.15, 0.2) is 5.16 Å². The summed E-state index contributed by atoms with van der Waals surface area (Å²) in [5.74, 6) is 0.312. The van der Waals surface area contributed by atoms with Crippen molar-refractivity contribution in [1.82, 2.24) is 10.2 Å². The van der Waals surface area contributed by atoms with Crippen LogP contribution in [-0.2, 0) is 4.79 Å². The molecule has 1 rings (SSSR count). The highest BCUT2D eigenvalue weighted by Crippen LogP contribution is 2.08. The first-order chi connectivity index (χ1) is 8.13. The van der Waals surface area contributed by atoms with Crippen LogP contribution in [0.5, 0.6) is 0 Å². The molecule has 98 valence electrons. The van der Waals surface area contributed by atoms with Crippen LogP contribution in [-0.4, -0.2) is 47.5 Å². The lowest BCUT2D eigenvalue weighted by molar-refractivity contribution is -0.131. The van der Waals surface area contributed by atoms with Gasteiger partial charge in [0, 0.05) is 25.6 Å². The maximum absolute atomic E-state index is 11.8. The van der Waals surface area contributed by atoms with Gasteiger partial charge in [-0.05, 0) is 26.2 Å². The van der Waals surface area contributed by atoms with Crippen molar-refractivity contribution >= 4 is 11.7 Å². The van der Waals surface area contributed by atoms with E-state index in [1.54, 1.807) is 0 Å². The minimum Gasteiger partial charge on any atom is -0.409 e. The molecule has 0 aromatic rings. The van der Waals surface area contributed by atoms with Crippen LogP contribution < -0.4 is 11.1 Å². The van der Waals surface area contributed by atoms with Gasteiger partial charge in [0.25, 0.3) is 0 Å². The number of oxime groups is 1. The first-order valence-corrected chi connectivity index (χ1v) is 6.11. The number of nitrogens with zero attached hydrogens (tertiary/aromatic N) is 2. The van der Waals surface area contributed by atoms with Gasteiger partial charge in [0.1, 0.15) is 5.84 Å². The Morgan fingerprint density at radius 3 is 2.71 bits per heavy atom. The van der Waals surface area contributed by atoms with Gasteiger partial charge in [0.05, 0.1) is 6.54 Å². The van der Waals surface area contributed by atoms with E-state index in [4.69, 9.17) is 10.9 Å².